The number of amides is 1. The number of rotatable bonds is 3. The lowest BCUT2D eigenvalue weighted by Crippen LogP contribution is -2.14. The van der Waals surface area contributed by atoms with Gasteiger partial charge in [-0.15, -0.1) is 0 Å². The second-order valence-corrected chi connectivity index (χ2v) is 5.70. The van der Waals surface area contributed by atoms with Gasteiger partial charge in [0.15, 0.2) is 0 Å². The summed E-state index contributed by atoms with van der Waals surface area (Å²) < 4.78 is 0.793. The maximum atomic E-state index is 11.9. The van der Waals surface area contributed by atoms with E-state index in [4.69, 9.17) is 23.2 Å². The minimum atomic E-state index is -0.106. The van der Waals surface area contributed by atoms with Crippen LogP contribution >= 0.6 is 39.1 Å². The Morgan fingerprint density at radius 3 is 2.37 bits per heavy atom. The third-order valence-corrected chi connectivity index (χ3v) is 3.66. The van der Waals surface area contributed by atoms with Crippen LogP contribution in [-0.4, -0.2) is 5.91 Å². The molecule has 2 aromatic rings. The quantitative estimate of drug-likeness (QED) is 0.827. The van der Waals surface area contributed by atoms with Gasteiger partial charge in [-0.2, -0.15) is 0 Å². The minimum Gasteiger partial charge on any atom is -0.325 e. The molecule has 0 spiro atoms. The van der Waals surface area contributed by atoms with E-state index < -0.39 is 0 Å². The molecule has 0 atom stereocenters. The molecule has 98 valence electrons. The lowest BCUT2D eigenvalue weighted by atomic mass is 10.1. The van der Waals surface area contributed by atoms with Crippen molar-refractivity contribution < 1.29 is 4.79 Å². The van der Waals surface area contributed by atoms with E-state index >= 15 is 0 Å². The molecule has 0 fully saturated rings. The highest BCUT2D eigenvalue weighted by Crippen LogP contribution is 2.26. The van der Waals surface area contributed by atoms with E-state index in [1.807, 2.05) is 12.1 Å². The number of halogens is 3. The predicted molar refractivity (Wildman–Crippen MR) is 82.9 cm³/mol. The fourth-order valence-corrected chi connectivity index (χ4v) is 2.22. The molecule has 0 saturated heterocycles. The zero-order valence-electron chi connectivity index (χ0n) is 9.79. The zero-order chi connectivity index (χ0) is 13.8. The highest BCUT2D eigenvalue weighted by molar-refractivity contribution is 9.10. The maximum absolute atomic E-state index is 11.9. The van der Waals surface area contributed by atoms with Crippen molar-refractivity contribution in [2.24, 2.45) is 0 Å². The van der Waals surface area contributed by atoms with Crippen LogP contribution in [0.4, 0.5) is 5.69 Å². The van der Waals surface area contributed by atoms with E-state index in [0.29, 0.717) is 15.7 Å². The van der Waals surface area contributed by atoms with Gasteiger partial charge in [-0.05, 0) is 51.8 Å². The number of carbonyl (C=O) groups is 1. The molecule has 19 heavy (non-hydrogen) atoms. The van der Waals surface area contributed by atoms with Crippen molar-refractivity contribution in [3.63, 3.8) is 0 Å². The van der Waals surface area contributed by atoms with E-state index in [1.165, 1.54) is 0 Å². The molecule has 2 nitrogen and oxygen atoms in total. The highest BCUT2D eigenvalue weighted by atomic mass is 79.9. The van der Waals surface area contributed by atoms with Crippen molar-refractivity contribution in [1.29, 1.82) is 0 Å². The van der Waals surface area contributed by atoms with Crippen LogP contribution in [0.15, 0.2) is 46.9 Å². The summed E-state index contributed by atoms with van der Waals surface area (Å²) in [5, 5.41) is 4.04. The number of carbonyl (C=O) groups excluding carboxylic acids is 1. The third kappa shape index (κ3) is 4.23. The van der Waals surface area contributed by atoms with Crippen LogP contribution in [0.2, 0.25) is 10.0 Å². The number of hydrogen-bond donors (Lipinski definition) is 1. The molecule has 0 aliphatic heterocycles. The van der Waals surface area contributed by atoms with Crippen molar-refractivity contribution in [1.82, 2.24) is 0 Å². The van der Waals surface area contributed by atoms with Crippen LogP contribution < -0.4 is 5.32 Å². The zero-order valence-corrected chi connectivity index (χ0v) is 12.9. The topological polar surface area (TPSA) is 29.1 Å². The fraction of sp³-hybridized carbons (Fsp3) is 0.0714. The molecule has 0 heterocycles. The predicted octanol–water partition coefficient (Wildman–Crippen LogP) is 4.94. The second kappa shape index (κ2) is 6.42. The molecule has 0 bridgehead atoms. The Labute approximate surface area is 129 Å². The standard InChI is InChI=1S/C14H10BrCl2NO/c15-12-6-5-11(17)8-13(12)18-14(19)7-9-1-3-10(16)4-2-9/h1-6,8H,7H2,(H,18,19). The lowest BCUT2D eigenvalue weighted by Gasteiger charge is -2.08. The van der Waals surface area contributed by atoms with Crippen LogP contribution in [0.1, 0.15) is 5.56 Å². The normalized spacial score (nSPS) is 10.3. The van der Waals surface area contributed by atoms with Crippen LogP contribution in [0.5, 0.6) is 0 Å². The summed E-state index contributed by atoms with van der Waals surface area (Å²) in [4.78, 5) is 11.9. The van der Waals surface area contributed by atoms with Gasteiger partial charge in [-0.3, -0.25) is 4.79 Å². The first-order chi connectivity index (χ1) is 9.04. The van der Waals surface area contributed by atoms with E-state index in [1.54, 1.807) is 30.3 Å². The summed E-state index contributed by atoms with van der Waals surface area (Å²) in [5.74, 6) is -0.106. The van der Waals surface area contributed by atoms with Crippen LogP contribution in [-0.2, 0) is 11.2 Å². The van der Waals surface area contributed by atoms with Crippen molar-refractivity contribution in [2.75, 3.05) is 5.32 Å². The summed E-state index contributed by atoms with van der Waals surface area (Å²) in [6.07, 6.45) is 0.288. The summed E-state index contributed by atoms with van der Waals surface area (Å²) in [5.41, 5.74) is 1.56. The molecule has 5 heteroatoms. The van der Waals surface area contributed by atoms with Gasteiger partial charge in [-0.25, -0.2) is 0 Å². The molecule has 0 saturated carbocycles. The molecular weight excluding hydrogens is 349 g/mol. The van der Waals surface area contributed by atoms with Gasteiger partial charge in [0, 0.05) is 14.5 Å². The smallest absolute Gasteiger partial charge is 0.228 e. The van der Waals surface area contributed by atoms with Crippen molar-refractivity contribution in [3.8, 4) is 0 Å². The Bertz CT molecular complexity index is 599. The van der Waals surface area contributed by atoms with E-state index in [-0.39, 0.29) is 12.3 Å². The average molecular weight is 359 g/mol. The monoisotopic (exact) mass is 357 g/mol. The SMILES string of the molecule is O=C(Cc1ccc(Cl)cc1)Nc1cc(Cl)ccc1Br. The van der Waals surface area contributed by atoms with Gasteiger partial charge in [0.05, 0.1) is 12.1 Å². The average Bonchev–Trinajstić information content (AvgIpc) is 2.37. The Balaban J connectivity index is 2.05. The van der Waals surface area contributed by atoms with Gasteiger partial charge in [0.25, 0.3) is 0 Å². The van der Waals surface area contributed by atoms with Gasteiger partial charge in [0.1, 0.15) is 0 Å². The third-order valence-electron chi connectivity index (χ3n) is 2.48. The minimum absolute atomic E-state index is 0.106. The first kappa shape index (κ1) is 14.4. The molecule has 1 N–H and O–H groups in total. The molecule has 0 unspecified atom stereocenters. The summed E-state index contributed by atoms with van der Waals surface area (Å²) in [6.45, 7) is 0. The lowest BCUT2D eigenvalue weighted by molar-refractivity contribution is -0.115. The van der Waals surface area contributed by atoms with Crippen molar-refractivity contribution in [3.05, 3.63) is 62.5 Å². The molecule has 0 aliphatic rings. The van der Waals surface area contributed by atoms with Gasteiger partial charge in [-0.1, -0.05) is 35.3 Å². The first-order valence-electron chi connectivity index (χ1n) is 5.54. The maximum Gasteiger partial charge on any atom is 0.228 e. The van der Waals surface area contributed by atoms with Gasteiger partial charge >= 0.3 is 0 Å². The van der Waals surface area contributed by atoms with Crippen LogP contribution in [0.3, 0.4) is 0 Å². The Morgan fingerprint density at radius 1 is 1.05 bits per heavy atom. The molecule has 2 aromatic carbocycles. The summed E-state index contributed by atoms with van der Waals surface area (Å²) in [6, 6.07) is 12.4. The molecular formula is C14H10BrCl2NO. The Morgan fingerprint density at radius 2 is 1.68 bits per heavy atom. The number of benzene rings is 2. The van der Waals surface area contributed by atoms with Gasteiger partial charge in [0.2, 0.25) is 5.91 Å². The van der Waals surface area contributed by atoms with E-state index in [2.05, 4.69) is 21.2 Å². The number of hydrogen-bond acceptors (Lipinski definition) is 1. The molecule has 0 radical (unpaired) electrons. The Kier molecular flexibility index (Phi) is 4.86. The van der Waals surface area contributed by atoms with E-state index in [0.717, 1.165) is 10.0 Å². The van der Waals surface area contributed by atoms with Crippen molar-refractivity contribution >= 4 is 50.7 Å². The van der Waals surface area contributed by atoms with E-state index in [9.17, 15) is 4.79 Å². The Hall–Kier alpha value is -1.03. The summed E-state index contributed by atoms with van der Waals surface area (Å²) >= 11 is 15.0. The number of anilines is 1. The first-order valence-corrected chi connectivity index (χ1v) is 7.09. The molecule has 1 amide bonds. The molecule has 2 rings (SSSR count). The largest absolute Gasteiger partial charge is 0.325 e. The molecule has 0 aliphatic carbocycles. The molecule has 0 aromatic heterocycles. The highest BCUT2D eigenvalue weighted by Gasteiger charge is 2.07. The van der Waals surface area contributed by atoms with Crippen LogP contribution in [0.25, 0.3) is 0 Å². The van der Waals surface area contributed by atoms with Crippen molar-refractivity contribution in [2.45, 2.75) is 6.42 Å². The summed E-state index contributed by atoms with van der Waals surface area (Å²) in [7, 11) is 0. The second-order valence-electron chi connectivity index (χ2n) is 3.98. The van der Waals surface area contributed by atoms with Crippen LogP contribution in [0, 0.1) is 0 Å². The van der Waals surface area contributed by atoms with Gasteiger partial charge < -0.3 is 5.32 Å². The number of nitrogens with one attached hydrogen (secondary N) is 1. The fourth-order valence-electron chi connectivity index (χ4n) is 1.58.